The molecule has 7 heterocycles. The number of alkyl halides is 2. The third-order valence-corrected chi connectivity index (χ3v) is 9.67. The van der Waals surface area contributed by atoms with Crippen molar-refractivity contribution in [2.75, 3.05) is 46.9 Å². The highest BCUT2D eigenvalue weighted by Gasteiger charge is 2.49. The predicted molar refractivity (Wildman–Crippen MR) is 273 cm³/mol. The first-order valence-electron chi connectivity index (χ1n) is 19.2. The Hall–Kier alpha value is -3.69. The minimum absolute atomic E-state index is 0. The zero-order chi connectivity index (χ0) is 48.1. The van der Waals surface area contributed by atoms with Crippen LogP contribution in [0.3, 0.4) is 0 Å². The molecule has 5 aromatic heterocycles. The van der Waals surface area contributed by atoms with E-state index in [1.807, 2.05) is 88.4 Å². The number of epoxide rings is 1. The second-order valence-electron chi connectivity index (χ2n) is 13.3. The van der Waals surface area contributed by atoms with Gasteiger partial charge in [0.1, 0.15) is 26.0 Å². The molecule has 14 nitrogen and oxygen atoms in total. The van der Waals surface area contributed by atoms with Gasteiger partial charge in [-0.15, -0.1) is 29.8 Å². The number of pyridine rings is 5. The van der Waals surface area contributed by atoms with E-state index in [0.29, 0.717) is 29.2 Å². The lowest BCUT2D eigenvalue weighted by molar-refractivity contribution is 0.00578. The van der Waals surface area contributed by atoms with Crippen LogP contribution in [0.2, 0.25) is 0 Å². The summed E-state index contributed by atoms with van der Waals surface area (Å²) in [5.74, 6) is 4.07. The Kier molecular flexibility index (Phi) is 31.8. The van der Waals surface area contributed by atoms with Crippen LogP contribution in [-0.4, -0.2) is 95.3 Å². The highest BCUT2D eigenvalue weighted by Crippen LogP contribution is 2.36. The first-order valence-corrected chi connectivity index (χ1v) is 22.6. The Balaban J connectivity index is 0.000000747. The van der Waals surface area contributed by atoms with Gasteiger partial charge in [-0.05, 0) is 118 Å². The second-order valence-corrected chi connectivity index (χ2v) is 16.6. The number of aromatic nitrogens is 5. The van der Waals surface area contributed by atoms with Gasteiger partial charge in [0.05, 0.1) is 68.7 Å². The summed E-state index contributed by atoms with van der Waals surface area (Å²) in [6.45, 7) is 16.3. The largest absolute Gasteiger partial charge is 0.486 e. The standard InChI is InChI=1S/C8H15BO2.C8H12N2O2.C8H9NO2.C8H9NO.C6H6BrNO.C5H3Br2N.CH2Cl2.CH4/c1-6-9-10-7(2,3)8(4,5)11-9;1-12-8-4-2-3-6(10-8)7(11)5-9;1-10-8-4-2-3-6(9-8)7-5-11-7;1-3-7-5-4-6-8(9-7)10-2;1-9-6-4-2-3-5(7)8-6;6-4-2-1-3-5(7)8-4;2-1-3;/h6H,1H2,2-5H3;2-4,7,11H,5,9H2,1H3;2-4,7H,5H2,1H3;3-6H,1H2,2H3;2-4H,1H3;1-3H;1H2;1H4. The molecule has 3 N–H and O–H groups in total. The topological polar surface area (TPSA) is 179 Å². The Labute approximate surface area is 420 Å². The third-order valence-electron chi connectivity index (χ3n) is 8.34. The number of nitrogens with zero attached hydrogens (tertiary/aromatic N) is 5. The first-order chi connectivity index (χ1) is 30.5. The number of hydrogen-bond acceptors (Lipinski definition) is 14. The van der Waals surface area contributed by atoms with Crippen LogP contribution in [0.15, 0.2) is 124 Å². The van der Waals surface area contributed by atoms with Crippen LogP contribution >= 0.6 is 71.0 Å². The van der Waals surface area contributed by atoms with Crippen molar-refractivity contribution in [2.24, 2.45) is 5.73 Å². The van der Waals surface area contributed by atoms with Crippen molar-refractivity contribution in [2.45, 2.75) is 58.5 Å². The molecule has 2 aliphatic heterocycles. The lowest BCUT2D eigenvalue weighted by atomic mass is 9.90. The summed E-state index contributed by atoms with van der Waals surface area (Å²) in [4.78, 5) is 20.3. The molecule has 2 unspecified atom stereocenters. The van der Waals surface area contributed by atoms with Gasteiger partial charge in [-0.25, -0.2) is 24.9 Å². The Morgan fingerprint density at radius 1 is 0.708 bits per heavy atom. The van der Waals surface area contributed by atoms with Gasteiger partial charge in [0, 0.05) is 30.8 Å². The maximum absolute atomic E-state index is 9.31. The van der Waals surface area contributed by atoms with Crippen molar-refractivity contribution in [3.8, 4) is 23.5 Å². The monoisotopic (exact) mass is 1130 g/mol. The average molecular weight is 1130 g/mol. The summed E-state index contributed by atoms with van der Waals surface area (Å²) in [6.07, 6.45) is 1.19. The van der Waals surface area contributed by atoms with E-state index in [4.69, 9.17) is 61.9 Å². The van der Waals surface area contributed by atoms with Gasteiger partial charge in [0.2, 0.25) is 23.5 Å². The van der Waals surface area contributed by atoms with Gasteiger partial charge < -0.3 is 43.8 Å². The summed E-state index contributed by atoms with van der Waals surface area (Å²) in [6, 6.07) is 27.6. The molecule has 0 radical (unpaired) electrons. The Morgan fingerprint density at radius 3 is 1.48 bits per heavy atom. The number of aliphatic hydroxyl groups excluding tert-OH is 1. The molecule has 2 fully saturated rings. The second kappa shape index (κ2) is 33.7. The first kappa shape index (κ1) is 61.3. The zero-order valence-electron chi connectivity index (χ0n) is 37.1. The van der Waals surface area contributed by atoms with Gasteiger partial charge in [0.15, 0.2) is 0 Å². The average Bonchev–Trinajstić information content (AvgIpc) is 4.13. The van der Waals surface area contributed by atoms with Crippen molar-refractivity contribution in [1.29, 1.82) is 0 Å². The molecule has 0 spiro atoms. The van der Waals surface area contributed by atoms with Gasteiger partial charge in [-0.2, -0.15) is 0 Å². The van der Waals surface area contributed by atoms with Crippen molar-refractivity contribution in [1.82, 2.24) is 24.9 Å². The van der Waals surface area contributed by atoms with E-state index in [-0.39, 0.29) is 43.7 Å². The number of ether oxygens (including phenoxy) is 5. The molecule has 0 aliphatic carbocycles. The van der Waals surface area contributed by atoms with Crippen LogP contribution in [0.5, 0.6) is 23.5 Å². The van der Waals surface area contributed by atoms with Crippen molar-refractivity contribution < 1.29 is 38.1 Å². The molecule has 0 saturated carbocycles. The number of nitrogens with two attached hydrogens (primary N) is 1. The SMILES string of the molecule is Brc1cccc(Br)n1.C.C=CB1OC(C)(C)C(C)(C)O1.C=Cc1cccc(OC)n1.COc1cccc(Br)n1.COc1cccc(C(O)CN)n1.COc1cccc(C2CO2)n1.ClCCl. The minimum Gasteiger partial charge on any atom is -0.481 e. The van der Waals surface area contributed by atoms with Gasteiger partial charge in [0.25, 0.3) is 0 Å². The fourth-order valence-electron chi connectivity index (χ4n) is 4.32. The van der Waals surface area contributed by atoms with Crippen molar-refractivity contribution in [3.05, 3.63) is 141 Å². The quantitative estimate of drug-likeness (QED) is 0.0616. The molecule has 0 aromatic carbocycles. The van der Waals surface area contributed by atoms with Gasteiger partial charge in [-0.3, -0.25) is 0 Å². The number of hydrogen-bond donors (Lipinski definition) is 2. The lowest BCUT2D eigenvalue weighted by Gasteiger charge is -2.32. The smallest absolute Gasteiger partial charge is 0.481 e. The summed E-state index contributed by atoms with van der Waals surface area (Å²) in [5.41, 5.74) is 7.14. The summed E-state index contributed by atoms with van der Waals surface area (Å²) in [7, 11) is 6.07. The maximum atomic E-state index is 9.31. The van der Waals surface area contributed by atoms with Crippen LogP contribution in [0.25, 0.3) is 6.08 Å². The van der Waals surface area contributed by atoms with E-state index in [1.54, 1.807) is 63.7 Å². The van der Waals surface area contributed by atoms with E-state index in [2.05, 4.69) is 85.9 Å². The van der Waals surface area contributed by atoms with E-state index >= 15 is 0 Å². The Bertz CT molecular complexity index is 2060. The van der Waals surface area contributed by atoms with Crippen LogP contribution in [-0.2, 0) is 14.0 Å². The molecular formula is C45H60BBr3Cl2N6O8. The number of aliphatic hydroxyl groups is 1. The highest BCUT2D eigenvalue weighted by molar-refractivity contribution is 9.11. The molecule has 0 amide bonds. The highest BCUT2D eigenvalue weighted by atomic mass is 79.9. The normalized spacial score (nSPS) is 14.6. The van der Waals surface area contributed by atoms with Crippen molar-refractivity contribution in [3.63, 3.8) is 0 Å². The fraction of sp³-hybridized carbons (Fsp3) is 0.356. The van der Waals surface area contributed by atoms with Gasteiger partial charge >= 0.3 is 7.12 Å². The summed E-state index contributed by atoms with van der Waals surface area (Å²) >= 11 is 19.2. The minimum atomic E-state index is -0.708. The summed E-state index contributed by atoms with van der Waals surface area (Å²) in [5, 5.41) is 9.50. The predicted octanol–water partition coefficient (Wildman–Crippen LogP) is 11.3. The lowest BCUT2D eigenvalue weighted by Crippen LogP contribution is -2.41. The van der Waals surface area contributed by atoms with E-state index in [9.17, 15) is 5.11 Å². The molecule has 65 heavy (non-hydrogen) atoms. The molecule has 5 aromatic rings. The molecule has 2 atom stereocenters. The third kappa shape index (κ3) is 25.1. The maximum Gasteiger partial charge on any atom is 0.486 e. The van der Waals surface area contributed by atoms with Crippen LogP contribution < -0.4 is 24.7 Å². The van der Waals surface area contributed by atoms with Gasteiger partial charge in [-0.1, -0.05) is 50.3 Å². The van der Waals surface area contributed by atoms with Crippen LogP contribution in [0.1, 0.15) is 64.4 Å². The zero-order valence-corrected chi connectivity index (χ0v) is 43.4. The van der Waals surface area contributed by atoms with E-state index in [1.165, 1.54) is 7.11 Å². The van der Waals surface area contributed by atoms with E-state index in [0.717, 1.165) is 31.8 Å². The molecule has 2 aliphatic rings. The number of methoxy groups -OCH3 is 4. The molecular weight excluding hydrogens is 1070 g/mol. The summed E-state index contributed by atoms with van der Waals surface area (Å²) < 4.78 is 38.3. The van der Waals surface area contributed by atoms with E-state index < -0.39 is 6.10 Å². The van der Waals surface area contributed by atoms with Crippen LogP contribution in [0, 0.1) is 0 Å². The van der Waals surface area contributed by atoms with Crippen LogP contribution in [0.4, 0.5) is 0 Å². The molecule has 7 rings (SSSR count). The molecule has 20 heteroatoms. The molecule has 2 saturated heterocycles. The molecule has 0 bridgehead atoms. The fourth-order valence-corrected chi connectivity index (χ4v) is 5.58. The number of halogens is 5. The Morgan fingerprint density at radius 2 is 1.11 bits per heavy atom. The van der Waals surface area contributed by atoms with Crippen molar-refractivity contribution >= 4 is 84.2 Å². The molecule has 356 valence electrons. The number of rotatable bonds is 9.